The van der Waals surface area contributed by atoms with Gasteiger partial charge in [0.1, 0.15) is 5.75 Å². The van der Waals surface area contributed by atoms with E-state index in [4.69, 9.17) is 5.11 Å². The summed E-state index contributed by atoms with van der Waals surface area (Å²) >= 11 is 0. The van der Waals surface area contributed by atoms with Crippen LogP contribution in [-0.2, 0) is 4.79 Å². The maximum absolute atomic E-state index is 12.4. The minimum atomic E-state index is -0.873. The predicted octanol–water partition coefficient (Wildman–Crippen LogP) is 1.72. The Kier molecular flexibility index (Phi) is 3.74. The summed E-state index contributed by atoms with van der Waals surface area (Å²) in [5.41, 5.74) is 0.223. The minimum Gasteiger partial charge on any atom is -0.507 e. The van der Waals surface area contributed by atoms with Crippen molar-refractivity contribution in [2.45, 2.75) is 25.8 Å². The van der Waals surface area contributed by atoms with Crippen LogP contribution < -0.4 is 0 Å². The van der Waals surface area contributed by atoms with Crippen LogP contribution in [0.1, 0.15) is 30.1 Å². The molecule has 2 atom stereocenters. The zero-order chi connectivity index (χ0) is 14.0. The van der Waals surface area contributed by atoms with Crippen molar-refractivity contribution in [3.05, 3.63) is 29.8 Å². The molecule has 1 aliphatic heterocycles. The van der Waals surface area contributed by atoms with E-state index in [2.05, 4.69) is 0 Å². The number of carboxylic acid groups (broad SMARTS) is 1. The van der Waals surface area contributed by atoms with E-state index in [-0.39, 0.29) is 29.8 Å². The van der Waals surface area contributed by atoms with E-state index >= 15 is 0 Å². The van der Waals surface area contributed by atoms with Crippen LogP contribution in [0.3, 0.4) is 0 Å². The summed E-state index contributed by atoms with van der Waals surface area (Å²) in [6.45, 7) is 2.10. The zero-order valence-corrected chi connectivity index (χ0v) is 10.7. The van der Waals surface area contributed by atoms with Gasteiger partial charge in [0.05, 0.1) is 11.5 Å². The third kappa shape index (κ3) is 2.70. The fraction of sp³-hybridized carbons (Fsp3) is 0.429. The summed E-state index contributed by atoms with van der Waals surface area (Å²) < 4.78 is 0. The Hall–Kier alpha value is -2.04. The smallest absolute Gasteiger partial charge is 0.308 e. The Bertz CT molecular complexity index is 500. The highest BCUT2D eigenvalue weighted by Crippen LogP contribution is 2.26. The quantitative estimate of drug-likeness (QED) is 0.851. The lowest BCUT2D eigenvalue weighted by Crippen LogP contribution is -2.47. The Morgan fingerprint density at radius 3 is 2.58 bits per heavy atom. The van der Waals surface area contributed by atoms with Gasteiger partial charge in [0, 0.05) is 12.6 Å². The standard InChI is InChI=1S/C14H17NO4/c1-9-6-7-10(14(18)19)8-15(9)13(17)11-4-2-3-5-12(11)16/h2-5,9-10,16H,6-8H2,1H3,(H,18,19). The SMILES string of the molecule is CC1CCC(C(=O)O)CN1C(=O)c1ccccc1O. The van der Waals surface area contributed by atoms with E-state index in [0.717, 1.165) is 0 Å². The van der Waals surface area contributed by atoms with Crippen molar-refractivity contribution in [2.75, 3.05) is 6.54 Å². The van der Waals surface area contributed by atoms with Crippen LogP contribution in [0.15, 0.2) is 24.3 Å². The van der Waals surface area contributed by atoms with Crippen molar-refractivity contribution < 1.29 is 19.8 Å². The molecule has 0 aromatic heterocycles. The minimum absolute atomic E-state index is 0.0114. The second kappa shape index (κ2) is 5.30. The second-order valence-corrected chi connectivity index (χ2v) is 4.94. The highest BCUT2D eigenvalue weighted by molar-refractivity contribution is 5.97. The summed E-state index contributed by atoms with van der Waals surface area (Å²) in [7, 11) is 0. The number of phenolic OH excluding ortho intramolecular Hbond substituents is 1. The number of hydrogen-bond donors (Lipinski definition) is 2. The Labute approximate surface area is 111 Å². The third-order valence-corrected chi connectivity index (χ3v) is 3.63. The number of nitrogens with zero attached hydrogens (tertiary/aromatic N) is 1. The lowest BCUT2D eigenvalue weighted by molar-refractivity contribution is -0.143. The first kappa shape index (κ1) is 13.4. The fourth-order valence-corrected chi connectivity index (χ4v) is 2.40. The topological polar surface area (TPSA) is 77.8 Å². The van der Waals surface area contributed by atoms with Gasteiger partial charge in [-0.3, -0.25) is 9.59 Å². The molecule has 1 saturated heterocycles. The summed E-state index contributed by atoms with van der Waals surface area (Å²) in [6, 6.07) is 6.32. The number of carbonyl (C=O) groups excluding carboxylic acids is 1. The molecule has 1 fully saturated rings. The normalized spacial score (nSPS) is 23.1. The van der Waals surface area contributed by atoms with Gasteiger partial charge in [0.15, 0.2) is 0 Å². The maximum Gasteiger partial charge on any atom is 0.308 e. The largest absolute Gasteiger partial charge is 0.507 e. The molecule has 1 aromatic carbocycles. The molecule has 5 nitrogen and oxygen atoms in total. The van der Waals surface area contributed by atoms with Gasteiger partial charge in [0.25, 0.3) is 5.91 Å². The number of aromatic hydroxyl groups is 1. The molecular weight excluding hydrogens is 246 g/mol. The van der Waals surface area contributed by atoms with Gasteiger partial charge in [-0.15, -0.1) is 0 Å². The highest BCUT2D eigenvalue weighted by atomic mass is 16.4. The number of hydrogen-bond acceptors (Lipinski definition) is 3. The zero-order valence-electron chi connectivity index (χ0n) is 10.7. The van der Waals surface area contributed by atoms with Gasteiger partial charge in [-0.05, 0) is 31.9 Å². The first-order valence-electron chi connectivity index (χ1n) is 6.32. The Morgan fingerprint density at radius 2 is 1.95 bits per heavy atom. The van der Waals surface area contributed by atoms with Crippen molar-refractivity contribution in [3.63, 3.8) is 0 Å². The van der Waals surface area contributed by atoms with Crippen molar-refractivity contribution in [1.29, 1.82) is 0 Å². The third-order valence-electron chi connectivity index (χ3n) is 3.63. The number of rotatable bonds is 2. The summed E-state index contributed by atoms with van der Waals surface area (Å²) in [5.74, 6) is -1.78. The van der Waals surface area contributed by atoms with Crippen LogP contribution in [0, 0.1) is 5.92 Å². The lowest BCUT2D eigenvalue weighted by Gasteiger charge is -2.36. The molecule has 102 valence electrons. The predicted molar refractivity (Wildman–Crippen MR) is 69.0 cm³/mol. The molecular formula is C14H17NO4. The van der Waals surface area contributed by atoms with Gasteiger partial charge < -0.3 is 15.1 Å². The van der Waals surface area contributed by atoms with E-state index in [1.807, 2.05) is 6.92 Å². The van der Waals surface area contributed by atoms with Crippen LogP contribution in [0.2, 0.25) is 0 Å². The average Bonchev–Trinajstić information content (AvgIpc) is 2.38. The molecule has 0 bridgehead atoms. The molecule has 2 N–H and O–H groups in total. The van der Waals surface area contributed by atoms with Crippen LogP contribution in [0.5, 0.6) is 5.75 Å². The number of carboxylic acids is 1. The number of likely N-dealkylation sites (tertiary alicyclic amines) is 1. The van der Waals surface area contributed by atoms with E-state index < -0.39 is 11.9 Å². The lowest BCUT2D eigenvalue weighted by atomic mass is 9.93. The molecule has 1 amide bonds. The summed E-state index contributed by atoms with van der Waals surface area (Å²) in [4.78, 5) is 25.0. The van der Waals surface area contributed by atoms with E-state index in [0.29, 0.717) is 12.8 Å². The van der Waals surface area contributed by atoms with E-state index in [1.165, 1.54) is 11.0 Å². The molecule has 0 spiro atoms. The van der Waals surface area contributed by atoms with Gasteiger partial charge in [0.2, 0.25) is 0 Å². The van der Waals surface area contributed by atoms with Crippen molar-refractivity contribution >= 4 is 11.9 Å². The van der Waals surface area contributed by atoms with E-state index in [1.54, 1.807) is 18.2 Å². The molecule has 1 heterocycles. The molecule has 0 aliphatic carbocycles. The maximum atomic E-state index is 12.4. The number of amides is 1. The van der Waals surface area contributed by atoms with Gasteiger partial charge >= 0.3 is 5.97 Å². The number of phenols is 1. The molecule has 19 heavy (non-hydrogen) atoms. The van der Waals surface area contributed by atoms with Crippen LogP contribution in [0.4, 0.5) is 0 Å². The highest BCUT2D eigenvalue weighted by Gasteiger charge is 2.33. The first-order valence-corrected chi connectivity index (χ1v) is 6.32. The molecule has 1 aromatic rings. The molecule has 5 heteroatoms. The van der Waals surface area contributed by atoms with Crippen molar-refractivity contribution in [1.82, 2.24) is 4.90 Å². The summed E-state index contributed by atoms with van der Waals surface area (Å²) in [6.07, 6.45) is 1.25. The second-order valence-electron chi connectivity index (χ2n) is 4.94. The number of para-hydroxylation sites is 1. The summed E-state index contributed by atoms with van der Waals surface area (Å²) in [5, 5.41) is 18.8. The number of carbonyl (C=O) groups is 2. The van der Waals surface area contributed by atoms with Gasteiger partial charge in [-0.25, -0.2) is 0 Å². The average molecular weight is 263 g/mol. The monoisotopic (exact) mass is 263 g/mol. The van der Waals surface area contributed by atoms with Crippen molar-refractivity contribution in [3.8, 4) is 5.75 Å². The molecule has 1 aliphatic rings. The first-order chi connectivity index (χ1) is 9.00. The number of piperidine rings is 1. The van der Waals surface area contributed by atoms with E-state index in [9.17, 15) is 14.7 Å². The number of aliphatic carboxylic acids is 1. The van der Waals surface area contributed by atoms with Gasteiger partial charge in [-0.2, -0.15) is 0 Å². The molecule has 2 unspecified atom stereocenters. The van der Waals surface area contributed by atoms with Crippen LogP contribution >= 0.6 is 0 Å². The van der Waals surface area contributed by atoms with Crippen molar-refractivity contribution in [2.24, 2.45) is 5.92 Å². The molecule has 0 saturated carbocycles. The Balaban J connectivity index is 2.22. The molecule has 2 rings (SSSR count). The number of benzene rings is 1. The Morgan fingerprint density at radius 1 is 1.26 bits per heavy atom. The van der Waals surface area contributed by atoms with Crippen LogP contribution in [-0.4, -0.2) is 39.6 Å². The molecule has 0 radical (unpaired) electrons. The van der Waals surface area contributed by atoms with Crippen LogP contribution in [0.25, 0.3) is 0 Å². The van der Waals surface area contributed by atoms with Gasteiger partial charge in [-0.1, -0.05) is 12.1 Å². The fourth-order valence-electron chi connectivity index (χ4n) is 2.40.